The lowest BCUT2D eigenvalue weighted by molar-refractivity contribution is -0.116. The van der Waals surface area contributed by atoms with E-state index in [0.717, 1.165) is 6.42 Å². The maximum atomic E-state index is 11.8. The van der Waals surface area contributed by atoms with Crippen LogP contribution in [-0.2, 0) is 4.79 Å². The molecule has 0 aromatic carbocycles. The molecule has 1 atom stereocenters. The molecule has 1 heteroatoms. The standard InChI is InChI=1S/C12H18O/c1-8-7-10(13)11-9(8)5-4-6-12(11,2)3/h8H,4-7H2,1-3H3. The summed E-state index contributed by atoms with van der Waals surface area (Å²) >= 11 is 0. The summed E-state index contributed by atoms with van der Waals surface area (Å²) < 4.78 is 0. The number of allylic oxidation sites excluding steroid dienone is 2. The van der Waals surface area contributed by atoms with Gasteiger partial charge in [-0.1, -0.05) is 26.3 Å². The van der Waals surface area contributed by atoms with Crippen LogP contribution in [0.3, 0.4) is 0 Å². The number of carbonyl (C=O) groups is 1. The Hall–Kier alpha value is -0.590. The van der Waals surface area contributed by atoms with Crippen LogP contribution in [0.5, 0.6) is 0 Å². The van der Waals surface area contributed by atoms with E-state index in [1.807, 2.05) is 0 Å². The molecule has 0 saturated carbocycles. The van der Waals surface area contributed by atoms with Crippen LogP contribution in [-0.4, -0.2) is 5.78 Å². The number of hydrogen-bond donors (Lipinski definition) is 0. The van der Waals surface area contributed by atoms with Crippen molar-refractivity contribution in [1.82, 2.24) is 0 Å². The largest absolute Gasteiger partial charge is 0.295 e. The summed E-state index contributed by atoms with van der Waals surface area (Å²) in [6.07, 6.45) is 4.40. The van der Waals surface area contributed by atoms with Gasteiger partial charge in [0.05, 0.1) is 0 Å². The van der Waals surface area contributed by atoms with Crippen molar-refractivity contribution in [1.29, 1.82) is 0 Å². The molecular formula is C12H18O. The quantitative estimate of drug-likeness (QED) is 0.557. The Balaban J connectivity index is 2.46. The van der Waals surface area contributed by atoms with Crippen molar-refractivity contribution in [2.75, 3.05) is 0 Å². The fourth-order valence-corrected chi connectivity index (χ4v) is 2.96. The summed E-state index contributed by atoms with van der Waals surface area (Å²) in [5.74, 6) is 0.953. The van der Waals surface area contributed by atoms with E-state index < -0.39 is 0 Å². The number of carbonyl (C=O) groups excluding carboxylic acids is 1. The molecule has 1 unspecified atom stereocenters. The smallest absolute Gasteiger partial charge is 0.159 e. The molecule has 0 amide bonds. The van der Waals surface area contributed by atoms with Crippen LogP contribution in [0.25, 0.3) is 0 Å². The molecule has 0 spiro atoms. The zero-order chi connectivity index (χ0) is 9.64. The molecule has 72 valence electrons. The lowest BCUT2D eigenvalue weighted by Crippen LogP contribution is -2.22. The van der Waals surface area contributed by atoms with Gasteiger partial charge in [-0.2, -0.15) is 0 Å². The second-order valence-corrected chi connectivity index (χ2v) is 5.17. The average Bonchev–Trinajstić information content (AvgIpc) is 2.27. The van der Waals surface area contributed by atoms with Crippen LogP contribution in [0.15, 0.2) is 11.1 Å². The van der Waals surface area contributed by atoms with Crippen molar-refractivity contribution < 1.29 is 4.79 Å². The minimum atomic E-state index is 0.162. The van der Waals surface area contributed by atoms with E-state index in [4.69, 9.17) is 0 Å². The Morgan fingerprint density at radius 1 is 1.38 bits per heavy atom. The van der Waals surface area contributed by atoms with Gasteiger partial charge >= 0.3 is 0 Å². The van der Waals surface area contributed by atoms with Crippen LogP contribution < -0.4 is 0 Å². The van der Waals surface area contributed by atoms with Crippen LogP contribution in [0.2, 0.25) is 0 Å². The van der Waals surface area contributed by atoms with E-state index in [-0.39, 0.29) is 5.41 Å². The van der Waals surface area contributed by atoms with E-state index >= 15 is 0 Å². The molecule has 0 radical (unpaired) electrons. The highest BCUT2D eigenvalue weighted by Crippen LogP contribution is 2.47. The highest BCUT2D eigenvalue weighted by Gasteiger charge is 2.40. The first-order valence-electron chi connectivity index (χ1n) is 5.29. The zero-order valence-electron chi connectivity index (χ0n) is 8.81. The third-order valence-electron chi connectivity index (χ3n) is 3.61. The predicted molar refractivity (Wildman–Crippen MR) is 53.4 cm³/mol. The molecule has 0 bridgehead atoms. The monoisotopic (exact) mass is 178 g/mol. The maximum absolute atomic E-state index is 11.8. The van der Waals surface area contributed by atoms with E-state index in [1.165, 1.54) is 30.4 Å². The molecule has 2 rings (SSSR count). The van der Waals surface area contributed by atoms with Gasteiger partial charge in [0.15, 0.2) is 5.78 Å². The van der Waals surface area contributed by atoms with Gasteiger partial charge in [-0.3, -0.25) is 4.79 Å². The first-order valence-corrected chi connectivity index (χ1v) is 5.29. The molecule has 0 aromatic rings. The number of rotatable bonds is 0. The Kier molecular flexibility index (Phi) is 1.86. The fraction of sp³-hybridized carbons (Fsp3) is 0.750. The molecule has 1 nitrogen and oxygen atoms in total. The fourth-order valence-electron chi connectivity index (χ4n) is 2.96. The topological polar surface area (TPSA) is 17.1 Å². The lowest BCUT2D eigenvalue weighted by Gasteiger charge is -2.31. The van der Waals surface area contributed by atoms with Crippen LogP contribution in [0.1, 0.15) is 46.5 Å². The normalized spacial score (nSPS) is 32.2. The maximum Gasteiger partial charge on any atom is 0.159 e. The van der Waals surface area contributed by atoms with E-state index in [0.29, 0.717) is 11.7 Å². The Morgan fingerprint density at radius 2 is 2.08 bits per heavy atom. The van der Waals surface area contributed by atoms with Crippen molar-refractivity contribution in [3.8, 4) is 0 Å². The van der Waals surface area contributed by atoms with Crippen molar-refractivity contribution in [2.45, 2.75) is 46.5 Å². The lowest BCUT2D eigenvalue weighted by atomic mass is 9.72. The van der Waals surface area contributed by atoms with E-state index in [9.17, 15) is 4.79 Å². The Morgan fingerprint density at radius 3 is 2.69 bits per heavy atom. The van der Waals surface area contributed by atoms with Gasteiger partial charge in [0.1, 0.15) is 0 Å². The molecule has 13 heavy (non-hydrogen) atoms. The predicted octanol–water partition coefficient (Wildman–Crippen LogP) is 3.10. The second kappa shape index (κ2) is 2.70. The molecule has 0 N–H and O–H groups in total. The Bertz CT molecular complexity index is 283. The summed E-state index contributed by atoms with van der Waals surface area (Å²) in [4.78, 5) is 11.8. The SMILES string of the molecule is CC1CC(=O)C2=C1CCCC2(C)C. The molecular weight excluding hydrogens is 160 g/mol. The van der Waals surface area contributed by atoms with Gasteiger partial charge in [-0.25, -0.2) is 0 Å². The van der Waals surface area contributed by atoms with Crippen LogP contribution in [0, 0.1) is 11.3 Å². The zero-order valence-corrected chi connectivity index (χ0v) is 8.81. The van der Waals surface area contributed by atoms with Crippen molar-refractivity contribution >= 4 is 5.78 Å². The molecule has 0 fully saturated rings. The Labute approximate surface area is 80.2 Å². The van der Waals surface area contributed by atoms with Crippen molar-refractivity contribution in [3.05, 3.63) is 11.1 Å². The molecule has 0 aliphatic heterocycles. The molecule has 0 heterocycles. The summed E-state index contributed by atoms with van der Waals surface area (Å²) in [5, 5.41) is 0. The first kappa shape index (κ1) is 8.98. The minimum absolute atomic E-state index is 0.162. The van der Waals surface area contributed by atoms with Gasteiger partial charge in [0.2, 0.25) is 0 Å². The van der Waals surface area contributed by atoms with E-state index in [1.54, 1.807) is 0 Å². The highest BCUT2D eigenvalue weighted by atomic mass is 16.1. The minimum Gasteiger partial charge on any atom is -0.295 e. The van der Waals surface area contributed by atoms with E-state index in [2.05, 4.69) is 20.8 Å². The van der Waals surface area contributed by atoms with Gasteiger partial charge in [-0.15, -0.1) is 0 Å². The third kappa shape index (κ3) is 1.25. The number of Topliss-reactive ketones (excluding diaryl/α,β-unsaturated/α-hetero) is 1. The van der Waals surface area contributed by atoms with Crippen LogP contribution >= 0.6 is 0 Å². The highest BCUT2D eigenvalue weighted by molar-refractivity contribution is 6.00. The van der Waals surface area contributed by atoms with Gasteiger partial charge in [0, 0.05) is 12.0 Å². The average molecular weight is 178 g/mol. The third-order valence-corrected chi connectivity index (χ3v) is 3.61. The molecule has 2 aliphatic carbocycles. The molecule has 0 aromatic heterocycles. The van der Waals surface area contributed by atoms with Crippen LogP contribution in [0.4, 0.5) is 0 Å². The summed E-state index contributed by atoms with van der Waals surface area (Å²) in [6.45, 7) is 6.64. The number of hydrogen-bond acceptors (Lipinski definition) is 1. The first-order chi connectivity index (χ1) is 6.02. The van der Waals surface area contributed by atoms with Gasteiger partial charge in [0.25, 0.3) is 0 Å². The second-order valence-electron chi connectivity index (χ2n) is 5.17. The molecule has 0 saturated heterocycles. The van der Waals surface area contributed by atoms with Crippen molar-refractivity contribution in [2.24, 2.45) is 11.3 Å². The van der Waals surface area contributed by atoms with Gasteiger partial charge in [-0.05, 0) is 30.6 Å². The summed E-state index contributed by atoms with van der Waals surface area (Å²) in [7, 11) is 0. The number of ketones is 1. The molecule has 2 aliphatic rings. The van der Waals surface area contributed by atoms with Gasteiger partial charge < -0.3 is 0 Å². The summed E-state index contributed by atoms with van der Waals surface area (Å²) in [6, 6.07) is 0. The van der Waals surface area contributed by atoms with Crippen molar-refractivity contribution in [3.63, 3.8) is 0 Å². The summed E-state index contributed by atoms with van der Waals surface area (Å²) in [5.41, 5.74) is 2.82.